The third-order valence-electron chi connectivity index (χ3n) is 12.0. The van der Waals surface area contributed by atoms with Crippen molar-refractivity contribution < 1.29 is 84.9 Å². The minimum absolute atomic E-state index is 0. The first-order valence-corrected chi connectivity index (χ1v) is 27.1. The van der Waals surface area contributed by atoms with E-state index >= 15 is 0 Å². The fourth-order valence-corrected chi connectivity index (χ4v) is 7.49. The third-order valence-corrected chi connectivity index (χ3v) is 12.0. The molecule has 4 aromatic rings. The lowest BCUT2D eigenvalue weighted by Crippen LogP contribution is -2.47. The summed E-state index contributed by atoms with van der Waals surface area (Å²) in [5.41, 5.74) is 4.59. The first-order chi connectivity index (χ1) is 43.5. The van der Waals surface area contributed by atoms with Crippen LogP contribution in [0.4, 0.5) is 9.59 Å². The number of hydrogen-bond acceptors (Lipinski definition) is 12. The first-order valence-electron chi connectivity index (χ1n) is 34.1. The number of carbonyl (C=O) groups excluding carboxylic acids is 5. The Morgan fingerprint density at radius 1 is 0.494 bits per heavy atom. The van der Waals surface area contributed by atoms with Gasteiger partial charge in [-0.25, -0.2) is 28.8 Å². The van der Waals surface area contributed by atoms with Crippen LogP contribution < -0.4 is 0 Å². The Morgan fingerprint density at radius 2 is 0.848 bits per heavy atom. The van der Waals surface area contributed by atoms with Gasteiger partial charge in [0.15, 0.2) is 6.10 Å². The molecule has 0 spiro atoms. The summed E-state index contributed by atoms with van der Waals surface area (Å²) in [4.78, 5) is 76.6. The molecular formula is C64H108N2O13. The predicted molar refractivity (Wildman–Crippen MR) is 325 cm³/mol. The van der Waals surface area contributed by atoms with Crippen LogP contribution in [-0.4, -0.2) is 106 Å². The topological polar surface area (TPSA) is 196 Å². The molecule has 0 radical (unpaired) electrons. The number of nitrogens with zero attached hydrogens (tertiary/aromatic N) is 2. The Hall–Kier alpha value is -6.74. The zero-order chi connectivity index (χ0) is 74.1. The van der Waals surface area contributed by atoms with Crippen LogP contribution in [0.1, 0.15) is 179 Å². The van der Waals surface area contributed by atoms with Gasteiger partial charge in [-0.3, -0.25) is 9.80 Å². The van der Waals surface area contributed by atoms with Crippen molar-refractivity contribution in [2.24, 2.45) is 11.8 Å². The molecule has 0 saturated heterocycles. The van der Waals surface area contributed by atoms with Crippen molar-refractivity contribution in [1.82, 2.24) is 9.80 Å². The lowest BCUT2D eigenvalue weighted by Gasteiger charge is -2.31. The van der Waals surface area contributed by atoms with E-state index in [9.17, 15) is 33.9 Å². The van der Waals surface area contributed by atoms with Crippen molar-refractivity contribution in [3.63, 3.8) is 0 Å². The second kappa shape index (κ2) is 31.2. The number of esters is 3. The van der Waals surface area contributed by atoms with Crippen LogP contribution in [0.2, 0.25) is 0 Å². The maximum Gasteiger partial charge on any atom is 0.410 e. The van der Waals surface area contributed by atoms with Gasteiger partial charge in [0.25, 0.3) is 0 Å². The van der Waals surface area contributed by atoms with E-state index in [0.717, 1.165) is 32.7 Å². The zero-order valence-electron chi connectivity index (χ0n) is 64.4. The molecule has 0 aliphatic heterocycles. The number of ether oxygens (including phenoxy) is 5. The smallest absolute Gasteiger partial charge is 0.410 e. The van der Waals surface area contributed by atoms with Crippen LogP contribution in [0.25, 0.3) is 0 Å². The van der Waals surface area contributed by atoms with Crippen LogP contribution in [0.5, 0.6) is 0 Å². The average Bonchev–Trinajstić information content (AvgIpc) is 0.864. The van der Waals surface area contributed by atoms with E-state index in [1.165, 1.54) is 24.6 Å². The number of aliphatic hydroxyl groups is 1. The number of amides is 2. The summed E-state index contributed by atoms with van der Waals surface area (Å²) in [7, 11) is 2.96. The van der Waals surface area contributed by atoms with Crippen molar-refractivity contribution in [2.45, 2.75) is 196 Å². The number of carboxylic acids is 1. The largest absolute Gasteiger partial charge is 0.480 e. The molecule has 0 aliphatic rings. The summed E-state index contributed by atoms with van der Waals surface area (Å²) >= 11 is 0. The number of benzene rings is 4. The number of likely N-dealkylation sites (N-methyl/N-ethyl adjacent to an activating group) is 2. The minimum atomic E-state index is -1.18. The van der Waals surface area contributed by atoms with Gasteiger partial charge in [0.2, 0.25) is 6.10 Å². The molecule has 452 valence electrons. The van der Waals surface area contributed by atoms with Crippen LogP contribution in [-0.2, 0) is 79.7 Å². The Bertz CT molecular complexity index is 2560. The van der Waals surface area contributed by atoms with E-state index in [4.69, 9.17) is 49.6 Å². The highest BCUT2D eigenvalue weighted by Crippen LogP contribution is 2.25. The fraction of sp³-hybridized carbons (Fsp3) is 0.531. The lowest BCUT2D eigenvalue weighted by atomic mass is 9.86. The number of hydrogen-bond donors (Lipinski definition) is 2. The van der Waals surface area contributed by atoms with Crippen molar-refractivity contribution in [3.05, 3.63) is 143 Å². The SMILES string of the molecule is CC(C)(C)c1ccc(C[C@@H](O)C(=O)OCc2ccccc2)cc1.CC(C)C[C@@H](C(=O)O)N(C)C(=O)OC(C)(C)C.CC(C)C[C@@H](C(=O)O[C@H](Cc1ccc(C(C)(C)C)cc1)C(=O)OCc1ccccc1)N(C)C(=O)OC(C)(C)C.[2HH].[2H][2H].[2H][2H].[2H][2H].[2H][2H].[2H][2H].[2H][2H].[2H][2H]. The van der Waals surface area contributed by atoms with E-state index in [1.807, 2.05) is 137 Å². The fourth-order valence-electron chi connectivity index (χ4n) is 7.49. The molecule has 0 bridgehead atoms. The second-order valence-electron chi connectivity index (χ2n) is 24.7. The van der Waals surface area contributed by atoms with E-state index in [0.29, 0.717) is 12.8 Å². The van der Waals surface area contributed by atoms with E-state index in [1.54, 1.807) is 41.5 Å². The van der Waals surface area contributed by atoms with Crippen LogP contribution in [0.15, 0.2) is 109 Å². The van der Waals surface area contributed by atoms with Gasteiger partial charge in [-0.1, -0.05) is 178 Å². The summed E-state index contributed by atoms with van der Waals surface area (Å²) in [6.45, 7) is 31.3. The molecule has 2 amide bonds. The molecule has 0 saturated carbocycles. The van der Waals surface area contributed by atoms with Gasteiger partial charge in [-0.05, 0) is 110 Å². The lowest BCUT2D eigenvalue weighted by molar-refractivity contribution is -0.171. The number of carbonyl (C=O) groups is 6. The van der Waals surface area contributed by atoms with Gasteiger partial charge in [0, 0.05) is 49.2 Å². The van der Waals surface area contributed by atoms with Crippen molar-refractivity contribution in [1.29, 1.82) is 0 Å². The maximum absolute atomic E-state index is 13.5. The molecule has 4 aromatic carbocycles. The van der Waals surface area contributed by atoms with Gasteiger partial charge in [-0.15, -0.1) is 0 Å². The summed E-state index contributed by atoms with van der Waals surface area (Å²) in [5.74, 6) is -2.64. The van der Waals surface area contributed by atoms with Gasteiger partial charge in [0.05, 0.1) is 0 Å². The van der Waals surface area contributed by atoms with Crippen LogP contribution in [0, 0.1) is 11.8 Å². The van der Waals surface area contributed by atoms with Gasteiger partial charge in [0.1, 0.15) is 36.5 Å². The molecule has 4 atom stereocenters. The zero-order valence-corrected chi connectivity index (χ0v) is 50.4. The van der Waals surface area contributed by atoms with E-state index in [-0.39, 0.29) is 50.1 Å². The Kier molecular flexibility index (Phi) is 22.5. The number of aliphatic hydroxyl groups excluding tert-OH is 1. The molecule has 2 N–H and O–H groups in total. The Balaban J connectivity index is -0.000000235. The average molecular weight is 1130 g/mol. The highest BCUT2D eigenvalue weighted by atomic mass is 16.6. The number of carboxylic acid groups (broad SMARTS) is 1. The molecule has 0 fully saturated rings. The standard InChI is InChI=1S/C32H45NO6.C20H24O3.C12H23NO4.8H2/c1-22(2)19-26(33(9)30(36)39-32(6,7)8)28(34)38-27(29(35)37-21-24-13-11-10-12-14-24)20-23-15-17-25(18-16-23)31(3,4)5;1-20(2,3)17-11-9-15(10-12-17)13-18(21)19(22)23-14-16-7-5-4-6-8-16;1-8(2)7-9(10(14)15)13(6)11(16)17-12(3,4)5;;;;;;;;/h10-18,22,26-27H,19-21H2,1-9H3;4-12,18,21H,13-14H2,1-3H3;8-9H,7H2,1-6H3,(H,14,15);8*1H/t26-,27+;18-;9-;;;;;;;;/m010......../s1/i;;;7*1+1D;1+1. The van der Waals surface area contributed by atoms with Crippen LogP contribution >= 0.6 is 0 Å². The van der Waals surface area contributed by atoms with E-state index in [2.05, 4.69) is 41.5 Å². The van der Waals surface area contributed by atoms with Crippen molar-refractivity contribution in [3.8, 4) is 0 Å². The molecule has 4 rings (SSSR count). The monoisotopic (exact) mass is 1130 g/mol. The summed E-state index contributed by atoms with van der Waals surface area (Å²) < 4.78 is 97.1. The number of aliphatic carboxylic acids is 1. The highest BCUT2D eigenvalue weighted by molar-refractivity contribution is 5.85. The number of rotatable bonds is 19. The summed E-state index contributed by atoms with van der Waals surface area (Å²) in [5, 5.41) is 19.1. The van der Waals surface area contributed by atoms with Gasteiger partial charge >= 0.3 is 36.1 Å². The summed E-state index contributed by atoms with van der Waals surface area (Å²) in [6, 6.07) is 32.9. The quantitative estimate of drug-likeness (QED) is 0.0665. The molecule has 0 heterocycles. The molecule has 15 heteroatoms. The molecular weight excluding hydrogens is 1000 g/mol. The van der Waals surface area contributed by atoms with Gasteiger partial charge < -0.3 is 33.9 Å². The Labute approximate surface area is 494 Å². The molecule has 15 nitrogen and oxygen atoms in total. The highest BCUT2D eigenvalue weighted by Gasteiger charge is 2.36. The van der Waals surface area contributed by atoms with Gasteiger partial charge in [-0.2, -0.15) is 0 Å². The molecule has 0 aromatic heterocycles. The maximum atomic E-state index is 13.5. The minimum Gasteiger partial charge on any atom is -0.480 e. The summed E-state index contributed by atoms with van der Waals surface area (Å²) in [6.07, 6.45) is -2.39. The normalized spacial score (nSPS) is 13.9. The second-order valence-corrected chi connectivity index (χ2v) is 24.7. The van der Waals surface area contributed by atoms with Crippen LogP contribution in [0.3, 0.4) is 0 Å². The molecule has 0 unspecified atom stereocenters. The van der Waals surface area contributed by atoms with Crippen molar-refractivity contribution >= 4 is 36.1 Å². The molecule has 79 heavy (non-hydrogen) atoms. The van der Waals surface area contributed by atoms with E-state index < -0.39 is 71.6 Å². The first kappa shape index (κ1) is 57.0. The van der Waals surface area contributed by atoms with Crippen molar-refractivity contribution in [2.75, 3.05) is 14.1 Å². The Morgan fingerprint density at radius 3 is 1.20 bits per heavy atom. The molecule has 0 aliphatic carbocycles. The third kappa shape index (κ3) is 26.6. The predicted octanol–water partition coefficient (Wildman–Crippen LogP) is 14.4.